The van der Waals surface area contributed by atoms with Gasteiger partial charge in [0, 0.05) is 11.3 Å². The van der Waals surface area contributed by atoms with Gasteiger partial charge in [0.15, 0.2) is 17.3 Å². The van der Waals surface area contributed by atoms with Gasteiger partial charge in [0.1, 0.15) is 0 Å². The topological polar surface area (TPSA) is 80.2 Å². The number of carbonyl (C=O) groups is 2. The molecular formula is C25H24FN3O4S2. The van der Waals surface area contributed by atoms with Crippen molar-refractivity contribution in [2.45, 2.75) is 25.1 Å². The van der Waals surface area contributed by atoms with E-state index in [1.807, 2.05) is 30.5 Å². The third kappa shape index (κ3) is 5.33. The molecule has 35 heavy (non-hydrogen) atoms. The summed E-state index contributed by atoms with van der Waals surface area (Å²) in [6, 6.07) is 13.7. The molecule has 1 aliphatic rings. The number of nitrogens with zero attached hydrogens (tertiary/aromatic N) is 2. The number of anilines is 1. The van der Waals surface area contributed by atoms with Crippen LogP contribution in [0.1, 0.15) is 34.1 Å². The Morgan fingerprint density at radius 1 is 1.11 bits per heavy atom. The minimum Gasteiger partial charge on any atom is -0.492 e. The van der Waals surface area contributed by atoms with Crippen molar-refractivity contribution in [3.63, 3.8) is 0 Å². The van der Waals surface area contributed by atoms with Gasteiger partial charge in [0.2, 0.25) is 0 Å². The highest BCUT2D eigenvalue weighted by molar-refractivity contribution is 8.14. The molecule has 2 aromatic carbocycles. The molecule has 0 bridgehead atoms. The number of ether oxygens (including phenoxy) is 2. The molecule has 1 atom stereocenters. The van der Waals surface area contributed by atoms with Gasteiger partial charge in [-0.15, -0.1) is 11.3 Å². The molecule has 2 heterocycles. The van der Waals surface area contributed by atoms with Crippen LogP contribution in [0.3, 0.4) is 0 Å². The molecule has 3 aromatic rings. The summed E-state index contributed by atoms with van der Waals surface area (Å²) in [5.74, 6) is -0.468. The Morgan fingerprint density at radius 2 is 1.86 bits per heavy atom. The molecular weight excluding hydrogens is 489 g/mol. The minimum atomic E-state index is -0.538. The van der Waals surface area contributed by atoms with Crippen molar-refractivity contribution in [2.24, 2.45) is 5.10 Å². The lowest BCUT2D eigenvalue weighted by molar-refractivity contribution is 0.103. The summed E-state index contributed by atoms with van der Waals surface area (Å²) in [7, 11) is 2.82. The zero-order valence-corrected chi connectivity index (χ0v) is 21.0. The van der Waals surface area contributed by atoms with Crippen LogP contribution in [0, 0.1) is 5.82 Å². The van der Waals surface area contributed by atoms with E-state index in [9.17, 15) is 14.0 Å². The maximum atomic E-state index is 14.2. The summed E-state index contributed by atoms with van der Waals surface area (Å²) >= 11 is 2.55. The van der Waals surface area contributed by atoms with E-state index in [1.165, 1.54) is 48.4 Å². The van der Waals surface area contributed by atoms with Gasteiger partial charge in [-0.05, 0) is 47.7 Å². The van der Waals surface area contributed by atoms with Crippen LogP contribution in [0.4, 0.5) is 14.9 Å². The van der Waals surface area contributed by atoms with Crippen molar-refractivity contribution in [1.29, 1.82) is 0 Å². The SMILES string of the molecule is CCC1SC(=O)N(Cc2ccc(NC(=O)c3cccs3)cc2)N=C1c1ccc(F)c(OC)c1OC. The second-order valence-corrected chi connectivity index (χ2v) is 9.72. The number of benzene rings is 2. The Kier molecular flexibility index (Phi) is 7.72. The smallest absolute Gasteiger partial charge is 0.302 e. The molecule has 0 saturated heterocycles. The van der Waals surface area contributed by atoms with E-state index in [4.69, 9.17) is 9.47 Å². The van der Waals surface area contributed by atoms with Crippen LogP contribution in [0.25, 0.3) is 0 Å². The predicted molar refractivity (Wildman–Crippen MR) is 137 cm³/mol. The van der Waals surface area contributed by atoms with Gasteiger partial charge in [-0.2, -0.15) is 5.10 Å². The van der Waals surface area contributed by atoms with E-state index >= 15 is 0 Å². The highest BCUT2D eigenvalue weighted by Crippen LogP contribution is 2.38. The molecule has 7 nitrogen and oxygen atoms in total. The van der Waals surface area contributed by atoms with Gasteiger partial charge in [-0.1, -0.05) is 36.9 Å². The van der Waals surface area contributed by atoms with Crippen molar-refractivity contribution in [2.75, 3.05) is 19.5 Å². The number of halogens is 1. The Morgan fingerprint density at radius 3 is 2.49 bits per heavy atom. The van der Waals surface area contributed by atoms with Crippen LogP contribution < -0.4 is 14.8 Å². The van der Waals surface area contributed by atoms with Crippen LogP contribution in [0.2, 0.25) is 0 Å². The van der Waals surface area contributed by atoms with Crippen molar-refractivity contribution in [1.82, 2.24) is 5.01 Å². The van der Waals surface area contributed by atoms with Crippen LogP contribution in [-0.4, -0.2) is 41.3 Å². The highest BCUT2D eigenvalue weighted by atomic mass is 32.2. The van der Waals surface area contributed by atoms with E-state index in [1.54, 1.807) is 24.3 Å². The number of carbonyl (C=O) groups excluding carboxylic acids is 2. The van der Waals surface area contributed by atoms with Crippen molar-refractivity contribution < 1.29 is 23.5 Å². The molecule has 0 radical (unpaired) electrons. The van der Waals surface area contributed by atoms with Gasteiger partial charge >= 0.3 is 5.24 Å². The first kappa shape index (κ1) is 24.7. The fourth-order valence-corrected chi connectivity index (χ4v) is 5.22. The Balaban J connectivity index is 1.58. The summed E-state index contributed by atoms with van der Waals surface area (Å²) < 4.78 is 24.9. The fraction of sp³-hybridized carbons (Fsp3) is 0.240. The van der Waals surface area contributed by atoms with Crippen molar-refractivity contribution in [3.05, 3.63) is 75.7 Å². The first-order chi connectivity index (χ1) is 16.9. The summed E-state index contributed by atoms with van der Waals surface area (Å²) in [6.07, 6.45) is 0.657. The number of nitrogens with one attached hydrogen (secondary N) is 1. The van der Waals surface area contributed by atoms with Gasteiger partial charge in [0.05, 0.1) is 36.6 Å². The summed E-state index contributed by atoms with van der Waals surface area (Å²) in [6.45, 7) is 2.21. The summed E-state index contributed by atoms with van der Waals surface area (Å²) in [5, 5.41) is 10.4. The van der Waals surface area contributed by atoms with Crippen LogP contribution in [-0.2, 0) is 6.54 Å². The van der Waals surface area contributed by atoms with E-state index in [-0.39, 0.29) is 34.4 Å². The first-order valence-corrected chi connectivity index (χ1v) is 12.6. The average Bonchev–Trinajstić information content (AvgIpc) is 3.41. The van der Waals surface area contributed by atoms with Crippen molar-refractivity contribution >= 4 is 45.6 Å². The van der Waals surface area contributed by atoms with E-state index < -0.39 is 5.82 Å². The average molecular weight is 514 g/mol. The number of thiophene rings is 1. The second kappa shape index (κ2) is 10.9. The number of methoxy groups -OCH3 is 2. The molecule has 4 rings (SSSR count). The lowest BCUT2D eigenvalue weighted by Crippen LogP contribution is -2.35. The van der Waals surface area contributed by atoms with Gasteiger partial charge in [-0.25, -0.2) is 9.40 Å². The molecule has 2 amide bonds. The quantitative estimate of drug-likeness (QED) is 0.399. The second-order valence-electron chi connectivity index (χ2n) is 7.61. The van der Waals surface area contributed by atoms with Crippen LogP contribution in [0.5, 0.6) is 11.5 Å². The summed E-state index contributed by atoms with van der Waals surface area (Å²) in [5.41, 5.74) is 2.70. The fourth-order valence-electron chi connectivity index (χ4n) is 3.68. The maximum absolute atomic E-state index is 14.2. The van der Waals surface area contributed by atoms with Gasteiger partial charge < -0.3 is 14.8 Å². The molecule has 0 aliphatic carbocycles. The molecule has 0 fully saturated rings. The molecule has 0 spiro atoms. The number of thioether (sulfide) groups is 1. The first-order valence-electron chi connectivity index (χ1n) is 10.9. The highest BCUT2D eigenvalue weighted by Gasteiger charge is 2.33. The zero-order chi connectivity index (χ0) is 24.9. The number of hydrogen-bond donors (Lipinski definition) is 1. The zero-order valence-electron chi connectivity index (χ0n) is 19.4. The molecule has 0 saturated carbocycles. The van der Waals surface area contributed by atoms with Crippen molar-refractivity contribution in [3.8, 4) is 11.5 Å². The van der Waals surface area contributed by atoms with Gasteiger partial charge in [-0.3, -0.25) is 9.59 Å². The third-order valence-electron chi connectivity index (χ3n) is 5.40. The molecule has 1 aromatic heterocycles. The Bertz CT molecular complexity index is 1250. The number of rotatable bonds is 8. The monoisotopic (exact) mass is 513 g/mol. The van der Waals surface area contributed by atoms with E-state index in [0.717, 1.165) is 5.56 Å². The van der Waals surface area contributed by atoms with Gasteiger partial charge in [0.25, 0.3) is 5.91 Å². The molecule has 1 aliphatic heterocycles. The maximum Gasteiger partial charge on any atom is 0.302 e. The number of hydrazone groups is 1. The van der Waals surface area contributed by atoms with Crippen LogP contribution >= 0.6 is 23.1 Å². The molecule has 182 valence electrons. The largest absolute Gasteiger partial charge is 0.492 e. The molecule has 10 heteroatoms. The Labute approximate surface area is 210 Å². The normalized spacial score (nSPS) is 15.5. The minimum absolute atomic E-state index is 0.00353. The predicted octanol–water partition coefficient (Wildman–Crippen LogP) is 6.01. The van der Waals surface area contributed by atoms with E-state index in [0.29, 0.717) is 28.3 Å². The molecule has 1 unspecified atom stereocenters. The standard InChI is InChI=1S/C25H24FN3O4S2/c1-4-19-21(17-11-12-18(26)23(33-3)22(17)32-2)28-29(25(31)35-19)14-15-7-9-16(10-8-15)27-24(30)20-6-5-13-34-20/h5-13,19H,4,14H2,1-3H3,(H,27,30). The third-order valence-corrected chi connectivity index (χ3v) is 7.52. The lowest BCUT2D eigenvalue weighted by atomic mass is 10.0. The summed E-state index contributed by atoms with van der Waals surface area (Å²) in [4.78, 5) is 25.7. The number of hydrogen-bond acceptors (Lipinski definition) is 7. The Hall–Kier alpha value is -3.37. The van der Waals surface area contributed by atoms with E-state index in [2.05, 4.69) is 10.4 Å². The lowest BCUT2D eigenvalue weighted by Gasteiger charge is -2.29. The molecule has 1 N–H and O–H groups in total. The van der Waals surface area contributed by atoms with Crippen LogP contribution in [0.15, 0.2) is 59.0 Å². The number of amides is 2.